The zero-order chi connectivity index (χ0) is 6.97. The van der Waals surface area contributed by atoms with Crippen LogP contribution in [0.25, 0.3) is 0 Å². The first-order chi connectivity index (χ1) is 4.88. The second kappa shape index (κ2) is 2.04. The molecule has 1 aromatic heterocycles. The summed E-state index contributed by atoms with van der Waals surface area (Å²) in [5, 5.41) is 0. The van der Waals surface area contributed by atoms with Gasteiger partial charge in [-0.05, 0) is 18.4 Å². The summed E-state index contributed by atoms with van der Waals surface area (Å²) in [5.41, 5.74) is 1.21. The number of aromatic nitrogens is 2. The molecule has 0 aromatic carbocycles. The molecule has 2 atom stereocenters. The maximum Gasteiger partial charge on any atom is 0.115 e. The van der Waals surface area contributed by atoms with Gasteiger partial charge in [0.15, 0.2) is 0 Å². The van der Waals surface area contributed by atoms with Gasteiger partial charge in [0.2, 0.25) is 0 Å². The second-order valence-electron chi connectivity index (χ2n) is 2.95. The first-order valence-electron chi connectivity index (χ1n) is 3.64. The lowest BCUT2D eigenvalue weighted by Gasteiger charge is -1.92. The van der Waals surface area contributed by atoms with E-state index in [2.05, 4.69) is 16.9 Å². The van der Waals surface area contributed by atoms with Crippen LogP contribution in [0.5, 0.6) is 0 Å². The second-order valence-corrected chi connectivity index (χ2v) is 2.95. The minimum Gasteiger partial charge on any atom is -0.245 e. The molecule has 1 fully saturated rings. The summed E-state index contributed by atoms with van der Waals surface area (Å²) in [6.07, 6.45) is 4.74. The Morgan fingerprint density at radius 1 is 1.60 bits per heavy atom. The zero-order valence-electron chi connectivity index (χ0n) is 5.99. The third-order valence-electron chi connectivity index (χ3n) is 2.09. The molecule has 0 aliphatic heterocycles. The molecule has 0 saturated heterocycles. The predicted octanol–water partition coefficient (Wildman–Crippen LogP) is 1.60. The van der Waals surface area contributed by atoms with Crippen LogP contribution in [0.3, 0.4) is 0 Å². The van der Waals surface area contributed by atoms with Crippen LogP contribution in [-0.2, 0) is 0 Å². The van der Waals surface area contributed by atoms with E-state index in [1.165, 1.54) is 12.1 Å². The Bertz CT molecular complexity index is 220. The van der Waals surface area contributed by atoms with E-state index in [0.29, 0.717) is 0 Å². The molecule has 0 radical (unpaired) electrons. The van der Waals surface area contributed by atoms with E-state index < -0.39 is 0 Å². The molecule has 1 aliphatic carbocycles. The summed E-state index contributed by atoms with van der Waals surface area (Å²) in [7, 11) is 0. The van der Waals surface area contributed by atoms with Gasteiger partial charge in [-0.3, -0.25) is 0 Å². The number of nitrogens with zero attached hydrogens (tertiary/aromatic N) is 2. The zero-order valence-corrected chi connectivity index (χ0v) is 5.99. The van der Waals surface area contributed by atoms with Crippen molar-refractivity contribution in [2.45, 2.75) is 19.3 Å². The number of rotatable bonds is 1. The molecule has 10 heavy (non-hydrogen) atoms. The molecule has 1 aromatic rings. The van der Waals surface area contributed by atoms with Gasteiger partial charge in [-0.25, -0.2) is 9.97 Å². The van der Waals surface area contributed by atoms with E-state index in [-0.39, 0.29) is 0 Å². The van der Waals surface area contributed by atoms with Crippen LogP contribution in [0.4, 0.5) is 0 Å². The lowest BCUT2D eigenvalue weighted by molar-refractivity contribution is 0.876. The highest BCUT2D eigenvalue weighted by Gasteiger charge is 2.34. The third kappa shape index (κ3) is 0.897. The van der Waals surface area contributed by atoms with Gasteiger partial charge >= 0.3 is 0 Å². The predicted molar refractivity (Wildman–Crippen MR) is 38.6 cm³/mol. The van der Waals surface area contributed by atoms with Crippen LogP contribution < -0.4 is 0 Å². The van der Waals surface area contributed by atoms with Crippen LogP contribution in [0.15, 0.2) is 18.6 Å². The molecule has 1 saturated carbocycles. The SMILES string of the molecule is C[C@@H]1C[C@@H]1c1ccncn1. The van der Waals surface area contributed by atoms with Gasteiger partial charge < -0.3 is 0 Å². The van der Waals surface area contributed by atoms with E-state index in [9.17, 15) is 0 Å². The van der Waals surface area contributed by atoms with E-state index in [0.717, 1.165) is 11.8 Å². The summed E-state index contributed by atoms with van der Waals surface area (Å²) < 4.78 is 0. The fourth-order valence-electron chi connectivity index (χ4n) is 1.25. The lowest BCUT2D eigenvalue weighted by atomic mass is 10.2. The normalized spacial score (nSPS) is 30.1. The summed E-state index contributed by atoms with van der Waals surface area (Å²) in [6.45, 7) is 2.26. The maximum atomic E-state index is 4.18. The Morgan fingerprint density at radius 2 is 2.40 bits per heavy atom. The Balaban J connectivity index is 2.20. The van der Waals surface area contributed by atoms with Crippen LogP contribution in [-0.4, -0.2) is 9.97 Å². The van der Waals surface area contributed by atoms with Gasteiger partial charge in [-0.2, -0.15) is 0 Å². The molecular formula is C8H10N2. The summed E-state index contributed by atoms with van der Waals surface area (Å²) in [6, 6.07) is 2.01. The number of hydrogen-bond acceptors (Lipinski definition) is 2. The van der Waals surface area contributed by atoms with E-state index in [4.69, 9.17) is 0 Å². The average molecular weight is 134 g/mol. The molecule has 0 unspecified atom stereocenters. The van der Waals surface area contributed by atoms with Crippen molar-refractivity contribution >= 4 is 0 Å². The molecule has 2 rings (SSSR count). The van der Waals surface area contributed by atoms with Gasteiger partial charge in [0.25, 0.3) is 0 Å². The molecular weight excluding hydrogens is 124 g/mol. The molecule has 0 amide bonds. The van der Waals surface area contributed by atoms with E-state index in [1.54, 1.807) is 6.33 Å². The largest absolute Gasteiger partial charge is 0.245 e. The maximum absolute atomic E-state index is 4.18. The fourth-order valence-corrected chi connectivity index (χ4v) is 1.25. The van der Waals surface area contributed by atoms with Crippen molar-refractivity contribution in [1.82, 2.24) is 9.97 Å². The van der Waals surface area contributed by atoms with Crippen molar-refractivity contribution in [3.05, 3.63) is 24.3 Å². The average Bonchev–Trinajstić information content (AvgIpc) is 2.69. The quantitative estimate of drug-likeness (QED) is 0.583. The Morgan fingerprint density at radius 3 is 2.90 bits per heavy atom. The van der Waals surface area contributed by atoms with E-state index in [1.807, 2.05) is 12.3 Å². The van der Waals surface area contributed by atoms with Gasteiger partial charge in [0.1, 0.15) is 6.33 Å². The van der Waals surface area contributed by atoms with Crippen molar-refractivity contribution in [2.75, 3.05) is 0 Å². The summed E-state index contributed by atoms with van der Waals surface area (Å²) in [5.74, 6) is 1.57. The van der Waals surface area contributed by atoms with Crippen molar-refractivity contribution < 1.29 is 0 Å². The van der Waals surface area contributed by atoms with Crippen molar-refractivity contribution in [3.8, 4) is 0 Å². The molecule has 0 bridgehead atoms. The highest BCUT2D eigenvalue weighted by atomic mass is 14.8. The Labute approximate surface area is 60.3 Å². The molecule has 52 valence electrons. The molecule has 2 heteroatoms. The molecule has 2 nitrogen and oxygen atoms in total. The van der Waals surface area contributed by atoms with E-state index >= 15 is 0 Å². The highest BCUT2D eigenvalue weighted by molar-refractivity contribution is 5.14. The monoisotopic (exact) mass is 134 g/mol. The minimum absolute atomic E-state index is 0.725. The smallest absolute Gasteiger partial charge is 0.115 e. The van der Waals surface area contributed by atoms with Crippen molar-refractivity contribution in [1.29, 1.82) is 0 Å². The molecule has 1 aliphatic rings. The topological polar surface area (TPSA) is 25.8 Å². The van der Waals surface area contributed by atoms with Gasteiger partial charge in [-0.1, -0.05) is 6.92 Å². The van der Waals surface area contributed by atoms with Crippen LogP contribution in [0, 0.1) is 5.92 Å². The van der Waals surface area contributed by atoms with Crippen molar-refractivity contribution in [2.24, 2.45) is 5.92 Å². The third-order valence-corrected chi connectivity index (χ3v) is 2.09. The van der Waals surface area contributed by atoms with Crippen molar-refractivity contribution in [3.63, 3.8) is 0 Å². The first kappa shape index (κ1) is 5.83. The van der Waals surface area contributed by atoms with Gasteiger partial charge in [0.05, 0.1) is 0 Å². The molecule has 0 N–H and O–H groups in total. The standard InChI is InChI=1S/C8H10N2/c1-6-4-7(6)8-2-3-9-5-10-8/h2-3,5-7H,4H2,1H3/t6-,7+/m1/s1. The van der Waals surface area contributed by atoms with Crippen LogP contribution in [0.2, 0.25) is 0 Å². The highest BCUT2D eigenvalue weighted by Crippen LogP contribution is 2.45. The van der Waals surface area contributed by atoms with Crippen LogP contribution >= 0.6 is 0 Å². The minimum atomic E-state index is 0.725. The lowest BCUT2D eigenvalue weighted by Crippen LogP contribution is -1.86. The molecule has 1 heterocycles. The Hall–Kier alpha value is -0.920. The number of hydrogen-bond donors (Lipinski definition) is 0. The van der Waals surface area contributed by atoms with Gasteiger partial charge in [-0.15, -0.1) is 0 Å². The summed E-state index contributed by atoms with van der Waals surface area (Å²) in [4.78, 5) is 8.05. The first-order valence-corrected chi connectivity index (χ1v) is 3.64. The molecule has 0 spiro atoms. The fraction of sp³-hybridized carbons (Fsp3) is 0.500. The summed E-state index contributed by atoms with van der Waals surface area (Å²) >= 11 is 0. The van der Waals surface area contributed by atoms with Crippen LogP contribution in [0.1, 0.15) is 25.0 Å². The Kier molecular flexibility index (Phi) is 1.19. The van der Waals surface area contributed by atoms with Gasteiger partial charge in [0, 0.05) is 17.8 Å².